The summed E-state index contributed by atoms with van der Waals surface area (Å²) in [6.45, 7) is 4.54. The van der Waals surface area contributed by atoms with Gasteiger partial charge < -0.3 is 0 Å². The summed E-state index contributed by atoms with van der Waals surface area (Å²) in [4.78, 5) is 0. The van der Waals surface area contributed by atoms with Gasteiger partial charge in [-0.3, -0.25) is 0 Å². The molecule has 0 spiro atoms. The van der Waals surface area contributed by atoms with Crippen molar-refractivity contribution in [3.8, 4) is 0 Å². The average Bonchev–Trinajstić information content (AvgIpc) is 2.00. The molecular formula is C9H23N2+. The van der Waals surface area contributed by atoms with Crippen molar-refractivity contribution in [3.63, 3.8) is 0 Å². The molecule has 2 heteroatoms. The number of rotatable bonds is 5. The molecular weight excluding hydrogens is 136 g/mol. The topological polar surface area (TPSA) is 12.0 Å². The summed E-state index contributed by atoms with van der Waals surface area (Å²) in [7, 11) is 6.43. The Balaban J connectivity index is 3.71. The number of nitrogens with zero attached hydrogens (tertiary/aromatic N) is 1. The molecule has 2 nitrogen and oxygen atoms in total. The summed E-state index contributed by atoms with van der Waals surface area (Å²) < 4.78 is 0.917. The van der Waals surface area contributed by atoms with Crippen molar-refractivity contribution < 1.29 is 4.59 Å². The van der Waals surface area contributed by atoms with Gasteiger partial charge >= 0.3 is 0 Å². The van der Waals surface area contributed by atoms with Crippen LogP contribution < -0.4 is 5.43 Å². The van der Waals surface area contributed by atoms with Gasteiger partial charge in [-0.05, 0) is 13.3 Å². The molecule has 1 N–H and O–H groups in total. The zero-order valence-electron chi connectivity index (χ0n) is 8.65. The quantitative estimate of drug-likeness (QED) is 0.476. The Hall–Kier alpha value is -0.0800. The number of nitrogens with one attached hydrogen (secondary N) is 1. The first-order valence-electron chi connectivity index (χ1n) is 4.57. The van der Waals surface area contributed by atoms with Gasteiger partial charge in [0.2, 0.25) is 0 Å². The molecule has 0 saturated heterocycles. The lowest BCUT2D eigenvalue weighted by Crippen LogP contribution is -2.55. The van der Waals surface area contributed by atoms with Crippen molar-refractivity contribution in [2.75, 3.05) is 21.1 Å². The first kappa shape index (κ1) is 10.9. The van der Waals surface area contributed by atoms with E-state index < -0.39 is 0 Å². The van der Waals surface area contributed by atoms with E-state index in [-0.39, 0.29) is 0 Å². The Bertz CT molecular complexity index is 99.7. The van der Waals surface area contributed by atoms with Gasteiger partial charge in [0, 0.05) is 13.5 Å². The minimum atomic E-state index is 0.708. The second-order valence-electron chi connectivity index (χ2n) is 3.75. The zero-order chi connectivity index (χ0) is 8.91. The highest BCUT2D eigenvalue weighted by Crippen LogP contribution is 2.09. The van der Waals surface area contributed by atoms with Crippen molar-refractivity contribution in [3.05, 3.63) is 0 Å². The molecule has 0 rings (SSSR count). The number of quaternary nitrogens is 1. The highest BCUT2D eigenvalue weighted by atomic mass is 15.6. The molecule has 0 radical (unpaired) electrons. The summed E-state index contributed by atoms with van der Waals surface area (Å²) in [6.07, 6.45) is 3.95. The third kappa shape index (κ3) is 3.73. The fourth-order valence-electron chi connectivity index (χ4n) is 1.04. The predicted molar refractivity (Wildman–Crippen MR) is 50.2 cm³/mol. The van der Waals surface area contributed by atoms with E-state index in [2.05, 4.69) is 33.4 Å². The minimum Gasteiger partial charge on any atom is -0.249 e. The van der Waals surface area contributed by atoms with Crippen LogP contribution >= 0.6 is 0 Å². The van der Waals surface area contributed by atoms with Crippen molar-refractivity contribution in [2.45, 2.75) is 39.2 Å². The van der Waals surface area contributed by atoms with Gasteiger partial charge in [-0.1, -0.05) is 13.3 Å². The van der Waals surface area contributed by atoms with E-state index in [1.54, 1.807) is 0 Å². The van der Waals surface area contributed by atoms with Gasteiger partial charge in [-0.25, -0.2) is 4.59 Å². The van der Waals surface area contributed by atoms with Crippen molar-refractivity contribution in [1.82, 2.24) is 5.43 Å². The van der Waals surface area contributed by atoms with E-state index in [0.29, 0.717) is 6.04 Å². The Morgan fingerprint density at radius 3 is 2.27 bits per heavy atom. The normalized spacial score (nSPS) is 15.0. The number of hydrogen-bond acceptors (Lipinski definition) is 1. The van der Waals surface area contributed by atoms with Crippen LogP contribution in [0.25, 0.3) is 0 Å². The Labute approximate surface area is 71.1 Å². The van der Waals surface area contributed by atoms with E-state index in [4.69, 9.17) is 0 Å². The van der Waals surface area contributed by atoms with E-state index in [9.17, 15) is 0 Å². The molecule has 68 valence electrons. The lowest BCUT2D eigenvalue weighted by molar-refractivity contribution is -0.953. The van der Waals surface area contributed by atoms with Crippen LogP contribution in [-0.4, -0.2) is 31.8 Å². The molecule has 1 atom stereocenters. The van der Waals surface area contributed by atoms with Crippen LogP contribution in [0, 0.1) is 0 Å². The standard InChI is InChI=1S/C9H23N2/c1-6-7-8-9(2)11(4,5)10-3/h9-10H,6-8H2,1-5H3/q+1. The molecule has 0 aromatic heterocycles. The summed E-state index contributed by atoms with van der Waals surface area (Å²) in [5.74, 6) is 0. The molecule has 0 fully saturated rings. The average molecular weight is 159 g/mol. The van der Waals surface area contributed by atoms with Crippen LogP contribution in [0.4, 0.5) is 0 Å². The maximum atomic E-state index is 3.29. The Morgan fingerprint density at radius 2 is 1.91 bits per heavy atom. The third-order valence-corrected chi connectivity index (χ3v) is 2.65. The molecule has 0 aromatic rings. The van der Waals surface area contributed by atoms with Gasteiger partial charge in [0.05, 0.1) is 14.1 Å². The monoisotopic (exact) mass is 159 g/mol. The smallest absolute Gasteiger partial charge is 0.103 e. The van der Waals surface area contributed by atoms with Crippen LogP contribution in [0.5, 0.6) is 0 Å². The Kier molecular flexibility index (Phi) is 4.69. The van der Waals surface area contributed by atoms with E-state index in [1.807, 2.05) is 7.05 Å². The molecule has 1 unspecified atom stereocenters. The Morgan fingerprint density at radius 1 is 1.36 bits per heavy atom. The highest BCUT2D eigenvalue weighted by Gasteiger charge is 2.20. The van der Waals surface area contributed by atoms with E-state index in [1.165, 1.54) is 19.3 Å². The van der Waals surface area contributed by atoms with Gasteiger partial charge in [0.15, 0.2) is 0 Å². The molecule has 11 heavy (non-hydrogen) atoms. The third-order valence-electron chi connectivity index (χ3n) is 2.65. The van der Waals surface area contributed by atoms with Gasteiger partial charge in [-0.2, -0.15) is 5.43 Å². The molecule has 0 aliphatic heterocycles. The fraction of sp³-hybridized carbons (Fsp3) is 1.00. The first-order chi connectivity index (χ1) is 5.04. The zero-order valence-corrected chi connectivity index (χ0v) is 8.65. The maximum absolute atomic E-state index is 3.29. The highest BCUT2D eigenvalue weighted by molar-refractivity contribution is 4.48. The number of hydrogen-bond donors (Lipinski definition) is 1. The lowest BCUT2D eigenvalue weighted by atomic mass is 10.1. The van der Waals surface area contributed by atoms with Crippen molar-refractivity contribution in [2.24, 2.45) is 0 Å². The van der Waals surface area contributed by atoms with Crippen molar-refractivity contribution >= 4 is 0 Å². The SMILES string of the molecule is CCCCC(C)[N+](C)(C)NC. The molecule has 0 amide bonds. The van der Waals surface area contributed by atoms with Gasteiger partial charge in [-0.15, -0.1) is 0 Å². The van der Waals surface area contributed by atoms with E-state index >= 15 is 0 Å². The summed E-state index contributed by atoms with van der Waals surface area (Å²) in [5, 5.41) is 0. The second kappa shape index (κ2) is 4.73. The molecule has 0 heterocycles. The van der Waals surface area contributed by atoms with E-state index in [0.717, 1.165) is 4.59 Å². The second-order valence-corrected chi connectivity index (χ2v) is 3.75. The summed E-state index contributed by atoms with van der Waals surface area (Å²) in [6, 6.07) is 0.708. The van der Waals surface area contributed by atoms with Crippen LogP contribution in [0.1, 0.15) is 33.1 Å². The molecule has 0 bridgehead atoms. The van der Waals surface area contributed by atoms with Crippen LogP contribution in [0.3, 0.4) is 0 Å². The van der Waals surface area contributed by atoms with Crippen molar-refractivity contribution in [1.29, 1.82) is 0 Å². The number of unbranched alkanes of at least 4 members (excludes halogenated alkanes) is 1. The fourth-order valence-corrected chi connectivity index (χ4v) is 1.04. The largest absolute Gasteiger partial charge is 0.249 e. The first-order valence-corrected chi connectivity index (χ1v) is 4.57. The van der Waals surface area contributed by atoms with Gasteiger partial charge in [0.1, 0.15) is 6.04 Å². The van der Waals surface area contributed by atoms with Crippen LogP contribution in [-0.2, 0) is 0 Å². The molecule has 0 saturated carbocycles. The predicted octanol–water partition coefficient (Wildman–Crippen LogP) is 1.78. The molecule has 0 aromatic carbocycles. The maximum Gasteiger partial charge on any atom is 0.103 e. The minimum absolute atomic E-state index is 0.708. The van der Waals surface area contributed by atoms with Crippen LogP contribution in [0.15, 0.2) is 0 Å². The summed E-state index contributed by atoms with van der Waals surface area (Å²) in [5.41, 5.74) is 3.29. The van der Waals surface area contributed by atoms with Gasteiger partial charge in [0.25, 0.3) is 0 Å². The molecule has 0 aliphatic carbocycles. The summed E-state index contributed by atoms with van der Waals surface area (Å²) >= 11 is 0. The van der Waals surface area contributed by atoms with Crippen LogP contribution in [0.2, 0.25) is 0 Å². The molecule has 0 aliphatic rings. The lowest BCUT2D eigenvalue weighted by Gasteiger charge is -2.34.